The molecule has 27 heavy (non-hydrogen) atoms. The van der Waals surface area contributed by atoms with E-state index in [1.807, 2.05) is 29.2 Å². The standard InChI is InChI=1S/C21H15N3O2S/c1-14-19(13-25)23-21(26-14)24(17-8-6-15(11-22)7-9-17)12-18-10-16-4-2-3-5-20(16)27-18/h2-10,13H,12H2,1H3. The third-order valence-electron chi connectivity index (χ3n) is 4.26. The quantitative estimate of drug-likeness (QED) is 0.449. The summed E-state index contributed by atoms with van der Waals surface area (Å²) in [5.74, 6) is 0.481. The summed E-state index contributed by atoms with van der Waals surface area (Å²) in [5, 5.41) is 10.2. The Hall–Kier alpha value is -3.43. The van der Waals surface area contributed by atoms with E-state index in [-0.39, 0.29) is 0 Å². The molecular formula is C21H15N3O2S. The van der Waals surface area contributed by atoms with Crippen molar-refractivity contribution in [1.29, 1.82) is 5.26 Å². The summed E-state index contributed by atoms with van der Waals surface area (Å²) in [6.45, 7) is 2.26. The Morgan fingerprint density at radius 3 is 2.67 bits per heavy atom. The fourth-order valence-electron chi connectivity index (χ4n) is 2.87. The van der Waals surface area contributed by atoms with Gasteiger partial charge in [-0.15, -0.1) is 11.3 Å². The van der Waals surface area contributed by atoms with Crippen molar-refractivity contribution in [3.63, 3.8) is 0 Å². The van der Waals surface area contributed by atoms with E-state index < -0.39 is 0 Å². The number of nitriles is 1. The number of carbonyl (C=O) groups excluding carboxylic acids is 1. The van der Waals surface area contributed by atoms with Gasteiger partial charge in [0.2, 0.25) is 0 Å². The molecule has 0 bridgehead atoms. The van der Waals surface area contributed by atoms with Gasteiger partial charge < -0.3 is 4.42 Å². The number of hydrogen-bond acceptors (Lipinski definition) is 6. The number of benzene rings is 2. The molecular weight excluding hydrogens is 358 g/mol. The lowest BCUT2D eigenvalue weighted by Gasteiger charge is -2.20. The van der Waals surface area contributed by atoms with Crippen LogP contribution < -0.4 is 4.90 Å². The van der Waals surface area contributed by atoms with E-state index in [0.29, 0.717) is 35.9 Å². The zero-order chi connectivity index (χ0) is 18.8. The van der Waals surface area contributed by atoms with Gasteiger partial charge in [-0.3, -0.25) is 9.69 Å². The van der Waals surface area contributed by atoms with E-state index >= 15 is 0 Å². The highest BCUT2D eigenvalue weighted by molar-refractivity contribution is 7.19. The average Bonchev–Trinajstić information content (AvgIpc) is 3.28. The molecule has 0 N–H and O–H groups in total. The van der Waals surface area contributed by atoms with Gasteiger partial charge in [-0.1, -0.05) is 18.2 Å². The minimum atomic E-state index is 0.292. The van der Waals surface area contributed by atoms with Gasteiger partial charge in [0.05, 0.1) is 18.2 Å². The Morgan fingerprint density at radius 2 is 2.00 bits per heavy atom. The number of anilines is 2. The first kappa shape index (κ1) is 17.0. The first-order valence-corrected chi connectivity index (χ1v) is 9.17. The largest absolute Gasteiger partial charge is 0.428 e. The molecule has 6 heteroatoms. The number of fused-ring (bicyclic) bond motifs is 1. The Balaban J connectivity index is 1.76. The van der Waals surface area contributed by atoms with Gasteiger partial charge in [0, 0.05) is 15.3 Å². The summed E-state index contributed by atoms with van der Waals surface area (Å²) in [5.41, 5.74) is 1.71. The molecule has 5 nitrogen and oxygen atoms in total. The number of aryl methyl sites for hydroxylation is 1. The predicted molar refractivity (Wildman–Crippen MR) is 105 cm³/mol. The number of aldehydes is 1. The van der Waals surface area contributed by atoms with Crippen LogP contribution >= 0.6 is 11.3 Å². The highest BCUT2D eigenvalue weighted by Gasteiger charge is 2.19. The van der Waals surface area contributed by atoms with Gasteiger partial charge >= 0.3 is 6.01 Å². The summed E-state index contributed by atoms with van der Waals surface area (Å²) in [4.78, 5) is 18.6. The van der Waals surface area contributed by atoms with Gasteiger partial charge in [0.25, 0.3) is 0 Å². The molecule has 2 aromatic heterocycles. The SMILES string of the molecule is Cc1oc(N(Cc2cc3ccccc3s2)c2ccc(C#N)cc2)nc1C=O. The summed E-state index contributed by atoms with van der Waals surface area (Å²) >= 11 is 1.71. The van der Waals surface area contributed by atoms with E-state index in [4.69, 9.17) is 9.68 Å². The highest BCUT2D eigenvalue weighted by Crippen LogP contribution is 2.32. The van der Waals surface area contributed by atoms with Gasteiger partial charge in [-0.05, 0) is 48.7 Å². The Morgan fingerprint density at radius 1 is 1.22 bits per heavy atom. The topological polar surface area (TPSA) is 70.1 Å². The molecule has 0 saturated heterocycles. The van der Waals surface area contributed by atoms with Gasteiger partial charge in [-0.2, -0.15) is 10.2 Å². The average molecular weight is 373 g/mol. The molecule has 2 heterocycles. The zero-order valence-corrected chi connectivity index (χ0v) is 15.4. The maximum atomic E-state index is 11.2. The molecule has 0 aliphatic rings. The van der Waals surface area contributed by atoms with E-state index in [2.05, 4.69) is 29.3 Å². The second-order valence-corrected chi connectivity index (χ2v) is 7.22. The van der Waals surface area contributed by atoms with Crippen LogP contribution in [-0.4, -0.2) is 11.3 Å². The lowest BCUT2D eigenvalue weighted by Crippen LogP contribution is -2.16. The van der Waals surface area contributed by atoms with E-state index in [9.17, 15) is 4.79 Å². The molecule has 2 aromatic carbocycles. The van der Waals surface area contributed by atoms with Gasteiger partial charge in [-0.25, -0.2) is 0 Å². The predicted octanol–water partition coefficient (Wildman–Crippen LogP) is 5.22. The van der Waals surface area contributed by atoms with E-state index in [1.165, 1.54) is 10.1 Å². The van der Waals surface area contributed by atoms with Crippen molar-refractivity contribution in [2.45, 2.75) is 13.5 Å². The lowest BCUT2D eigenvalue weighted by atomic mass is 10.2. The number of oxazole rings is 1. The van der Waals surface area contributed by atoms with Crippen molar-refractivity contribution in [1.82, 2.24) is 4.98 Å². The summed E-state index contributed by atoms with van der Waals surface area (Å²) in [6.07, 6.45) is 0.693. The third-order valence-corrected chi connectivity index (χ3v) is 5.36. The van der Waals surface area contributed by atoms with Gasteiger partial charge in [0.15, 0.2) is 6.29 Å². The summed E-state index contributed by atoms with van der Waals surface area (Å²) in [7, 11) is 0. The molecule has 0 unspecified atom stereocenters. The first-order chi connectivity index (χ1) is 13.2. The zero-order valence-electron chi connectivity index (χ0n) is 14.5. The molecule has 4 aromatic rings. The second kappa shape index (κ2) is 7.06. The first-order valence-electron chi connectivity index (χ1n) is 8.35. The number of rotatable bonds is 5. The van der Waals surface area contributed by atoms with E-state index in [0.717, 1.165) is 10.6 Å². The highest BCUT2D eigenvalue weighted by atomic mass is 32.1. The van der Waals surface area contributed by atoms with Crippen LogP contribution in [0.15, 0.2) is 59.0 Å². The number of hydrogen-bond donors (Lipinski definition) is 0. The Bertz CT molecular complexity index is 1120. The van der Waals surface area contributed by atoms with Crippen LogP contribution in [0.2, 0.25) is 0 Å². The van der Waals surface area contributed by atoms with Crippen molar-refractivity contribution >= 4 is 39.4 Å². The van der Waals surface area contributed by atoms with Crippen LogP contribution in [0.3, 0.4) is 0 Å². The maximum absolute atomic E-state index is 11.2. The molecule has 132 valence electrons. The minimum Gasteiger partial charge on any atom is -0.428 e. The van der Waals surface area contributed by atoms with Gasteiger partial charge in [0.1, 0.15) is 11.5 Å². The Labute approximate surface area is 160 Å². The number of thiophene rings is 1. The Kier molecular flexibility index (Phi) is 4.45. The van der Waals surface area contributed by atoms with Crippen molar-refractivity contribution in [2.24, 2.45) is 0 Å². The molecule has 0 amide bonds. The van der Waals surface area contributed by atoms with Crippen LogP contribution in [0.5, 0.6) is 0 Å². The van der Waals surface area contributed by atoms with Crippen LogP contribution in [0, 0.1) is 18.3 Å². The molecule has 0 spiro atoms. The summed E-state index contributed by atoms with van der Waals surface area (Å²) in [6, 6.07) is 20.1. The molecule has 0 aliphatic carbocycles. The molecule has 4 rings (SSSR count). The number of nitrogens with zero attached hydrogens (tertiary/aromatic N) is 3. The number of aromatic nitrogens is 1. The van der Waals surface area contributed by atoms with Crippen molar-refractivity contribution in [3.05, 3.63) is 76.5 Å². The second-order valence-electron chi connectivity index (χ2n) is 6.05. The summed E-state index contributed by atoms with van der Waals surface area (Å²) < 4.78 is 6.96. The monoisotopic (exact) mass is 373 g/mol. The van der Waals surface area contributed by atoms with Crippen LogP contribution in [0.25, 0.3) is 10.1 Å². The van der Waals surface area contributed by atoms with E-state index in [1.54, 1.807) is 30.4 Å². The van der Waals surface area contributed by atoms with Crippen LogP contribution in [-0.2, 0) is 6.54 Å². The smallest absolute Gasteiger partial charge is 0.303 e. The molecule has 0 saturated carbocycles. The fraction of sp³-hybridized carbons (Fsp3) is 0.0952. The number of carbonyl (C=O) groups is 1. The maximum Gasteiger partial charge on any atom is 0.303 e. The molecule has 0 aliphatic heterocycles. The fourth-order valence-corrected chi connectivity index (χ4v) is 3.93. The van der Waals surface area contributed by atoms with Crippen LogP contribution in [0.1, 0.15) is 26.7 Å². The molecule has 0 radical (unpaired) electrons. The van der Waals surface area contributed by atoms with Crippen molar-refractivity contribution in [3.8, 4) is 6.07 Å². The normalized spacial score (nSPS) is 10.7. The van der Waals surface area contributed by atoms with Crippen molar-refractivity contribution < 1.29 is 9.21 Å². The third kappa shape index (κ3) is 3.33. The van der Waals surface area contributed by atoms with Crippen LogP contribution in [0.4, 0.5) is 11.7 Å². The lowest BCUT2D eigenvalue weighted by molar-refractivity contribution is 0.111. The minimum absolute atomic E-state index is 0.292. The molecule has 0 fully saturated rings. The van der Waals surface area contributed by atoms with Crippen molar-refractivity contribution in [2.75, 3.05) is 4.90 Å². The molecule has 0 atom stereocenters.